The standard InChI is InChI=1S/C13H15NO/c1-10(11(2)14)13(15)9-8-12-6-4-3-5-7-12/h3-7,10-11H,14H2,1-2H3. The minimum Gasteiger partial charge on any atom is -0.327 e. The lowest BCUT2D eigenvalue weighted by Gasteiger charge is -2.09. The summed E-state index contributed by atoms with van der Waals surface area (Å²) in [7, 11) is 0. The van der Waals surface area contributed by atoms with Crippen LogP contribution in [-0.4, -0.2) is 11.8 Å². The van der Waals surface area contributed by atoms with Crippen LogP contribution in [0.5, 0.6) is 0 Å². The van der Waals surface area contributed by atoms with Gasteiger partial charge in [0.1, 0.15) is 0 Å². The molecule has 0 amide bonds. The van der Waals surface area contributed by atoms with Crippen molar-refractivity contribution in [1.82, 2.24) is 0 Å². The molecular formula is C13H15NO. The molecule has 2 N–H and O–H groups in total. The predicted octanol–water partition coefficient (Wildman–Crippen LogP) is 1.59. The van der Waals surface area contributed by atoms with E-state index < -0.39 is 0 Å². The molecule has 0 bridgehead atoms. The highest BCUT2D eigenvalue weighted by Crippen LogP contribution is 2.01. The Morgan fingerprint density at radius 1 is 1.27 bits per heavy atom. The maximum Gasteiger partial charge on any atom is 0.210 e. The summed E-state index contributed by atoms with van der Waals surface area (Å²) in [5, 5.41) is 0. The van der Waals surface area contributed by atoms with E-state index in [-0.39, 0.29) is 17.7 Å². The van der Waals surface area contributed by atoms with Gasteiger partial charge in [0.25, 0.3) is 0 Å². The molecule has 0 saturated carbocycles. The summed E-state index contributed by atoms with van der Waals surface area (Å²) in [5.41, 5.74) is 6.47. The van der Waals surface area contributed by atoms with Gasteiger partial charge in [0.05, 0.1) is 0 Å². The van der Waals surface area contributed by atoms with Crippen LogP contribution in [0.15, 0.2) is 30.3 Å². The molecule has 15 heavy (non-hydrogen) atoms. The largest absolute Gasteiger partial charge is 0.327 e. The van der Waals surface area contributed by atoms with Crippen LogP contribution in [0.2, 0.25) is 0 Å². The van der Waals surface area contributed by atoms with Crippen molar-refractivity contribution in [2.75, 3.05) is 0 Å². The first-order valence-electron chi connectivity index (χ1n) is 4.97. The molecular weight excluding hydrogens is 186 g/mol. The average Bonchev–Trinajstić information content (AvgIpc) is 2.26. The van der Waals surface area contributed by atoms with Gasteiger partial charge in [0.2, 0.25) is 5.78 Å². The molecule has 2 unspecified atom stereocenters. The molecule has 0 aliphatic carbocycles. The third kappa shape index (κ3) is 3.57. The monoisotopic (exact) mass is 201 g/mol. The first-order chi connectivity index (χ1) is 7.11. The van der Waals surface area contributed by atoms with Crippen LogP contribution in [0.4, 0.5) is 0 Å². The van der Waals surface area contributed by atoms with Crippen LogP contribution in [0.3, 0.4) is 0 Å². The number of carbonyl (C=O) groups excluding carboxylic acids is 1. The van der Waals surface area contributed by atoms with E-state index in [4.69, 9.17) is 5.73 Å². The van der Waals surface area contributed by atoms with Crippen molar-refractivity contribution in [1.29, 1.82) is 0 Å². The fourth-order valence-electron chi connectivity index (χ4n) is 1.01. The Hall–Kier alpha value is -1.59. The molecule has 0 fully saturated rings. The third-order valence-corrected chi connectivity index (χ3v) is 2.31. The highest BCUT2D eigenvalue weighted by atomic mass is 16.1. The number of ketones is 1. The quantitative estimate of drug-likeness (QED) is 0.738. The highest BCUT2D eigenvalue weighted by Gasteiger charge is 2.14. The second kappa shape index (κ2) is 5.33. The molecule has 0 heterocycles. The van der Waals surface area contributed by atoms with E-state index in [1.54, 1.807) is 6.92 Å². The van der Waals surface area contributed by atoms with Crippen LogP contribution in [0.1, 0.15) is 19.4 Å². The first kappa shape index (κ1) is 11.5. The molecule has 0 aromatic heterocycles. The first-order valence-corrected chi connectivity index (χ1v) is 4.97. The third-order valence-electron chi connectivity index (χ3n) is 2.31. The Balaban J connectivity index is 2.71. The molecule has 0 radical (unpaired) electrons. The van der Waals surface area contributed by atoms with E-state index in [0.29, 0.717) is 0 Å². The van der Waals surface area contributed by atoms with Crippen LogP contribution < -0.4 is 5.73 Å². The Kier molecular flexibility index (Phi) is 4.08. The fraction of sp³-hybridized carbons (Fsp3) is 0.308. The van der Waals surface area contributed by atoms with Crippen molar-refractivity contribution in [3.63, 3.8) is 0 Å². The molecule has 0 spiro atoms. The number of hydrogen-bond acceptors (Lipinski definition) is 2. The van der Waals surface area contributed by atoms with Gasteiger partial charge in [-0.2, -0.15) is 0 Å². The van der Waals surface area contributed by atoms with E-state index in [1.165, 1.54) is 0 Å². The number of rotatable bonds is 2. The smallest absolute Gasteiger partial charge is 0.210 e. The van der Waals surface area contributed by atoms with Crippen molar-refractivity contribution in [3.05, 3.63) is 35.9 Å². The van der Waals surface area contributed by atoms with E-state index in [2.05, 4.69) is 11.8 Å². The second-order valence-corrected chi connectivity index (χ2v) is 3.63. The molecule has 1 aromatic rings. The van der Waals surface area contributed by atoms with Crippen LogP contribution in [0.25, 0.3) is 0 Å². The van der Waals surface area contributed by atoms with Gasteiger partial charge >= 0.3 is 0 Å². The molecule has 0 aliphatic rings. The lowest BCUT2D eigenvalue weighted by molar-refractivity contribution is -0.117. The van der Waals surface area contributed by atoms with E-state index in [0.717, 1.165) is 5.56 Å². The maximum atomic E-state index is 11.5. The summed E-state index contributed by atoms with van der Waals surface area (Å²) < 4.78 is 0. The van der Waals surface area contributed by atoms with Gasteiger partial charge in [-0.1, -0.05) is 31.0 Å². The van der Waals surface area contributed by atoms with Crippen molar-refractivity contribution in [2.24, 2.45) is 11.7 Å². The van der Waals surface area contributed by atoms with Gasteiger partial charge < -0.3 is 5.73 Å². The second-order valence-electron chi connectivity index (χ2n) is 3.63. The molecule has 2 heteroatoms. The van der Waals surface area contributed by atoms with Gasteiger partial charge in [0, 0.05) is 17.5 Å². The van der Waals surface area contributed by atoms with Gasteiger partial charge in [-0.3, -0.25) is 4.79 Å². The van der Waals surface area contributed by atoms with Crippen LogP contribution in [0, 0.1) is 17.8 Å². The zero-order chi connectivity index (χ0) is 11.3. The molecule has 1 rings (SSSR count). The minimum absolute atomic E-state index is 0.103. The SMILES string of the molecule is CC(N)C(C)C(=O)C#Cc1ccccc1. The summed E-state index contributed by atoms with van der Waals surface area (Å²) in [6.45, 7) is 3.61. The zero-order valence-electron chi connectivity index (χ0n) is 9.03. The van der Waals surface area contributed by atoms with Crippen LogP contribution in [-0.2, 0) is 4.79 Å². The Bertz CT molecular complexity index is 384. The van der Waals surface area contributed by atoms with E-state index >= 15 is 0 Å². The normalized spacial score (nSPS) is 13.5. The number of hydrogen-bond donors (Lipinski definition) is 1. The average molecular weight is 201 g/mol. The molecule has 2 atom stereocenters. The Morgan fingerprint density at radius 2 is 1.87 bits per heavy atom. The maximum absolute atomic E-state index is 11.5. The van der Waals surface area contributed by atoms with Gasteiger partial charge in [-0.05, 0) is 25.0 Å². The highest BCUT2D eigenvalue weighted by molar-refractivity contribution is 5.98. The molecule has 2 nitrogen and oxygen atoms in total. The lowest BCUT2D eigenvalue weighted by Crippen LogP contribution is -2.29. The van der Waals surface area contributed by atoms with Crippen LogP contribution >= 0.6 is 0 Å². The summed E-state index contributed by atoms with van der Waals surface area (Å²) >= 11 is 0. The molecule has 0 saturated heterocycles. The van der Waals surface area contributed by atoms with Crippen molar-refractivity contribution >= 4 is 5.78 Å². The minimum atomic E-state index is -0.207. The topological polar surface area (TPSA) is 43.1 Å². The van der Waals surface area contributed by atoms with Crippen molar-refractivity contribution in [2.45, 2.75) is 19.9 Å². The Labute approximate surface area is 90.5 Å². The summed E-state index contributed by atoms with van der Waals surface area (Å²) in [4.78, 5) is 11.5. The Morgan fingerprint density at radius 3 is 2.40 bits per heavy atom. The number of Topliss-reactive ketones (excluding diaryl/α,β-unsaturated/α-hetero) is 1. The molecule has 78 valence electrons. The van der Waals surface area contributed by atoms with E-state index in [9.17, 15) is 4.79 Å². The summed E-state index contributed by atoms with van der Waals surface area (Å²) in [5.74, 6) is 5.13. The fourth-order valence-corrected chi connectivity index (χ4v) is 1.01. The number of nitrogens with two attached hydrogens (primary N) is 1. The van der Waals surface area contributed by atoms with Crippen molar-refractivity contribution < 1.29 is 4.79 Å². The number of carbonyl (C=O) groups is 1. The van der Waals surface area contributed by atoms with E-state index in [1.807, 2.05) is 37.3 Å². The summed E-state index contributed by atoms with van der Waals surface area (Å²) in [6.07, 6.45) is 0. The molecule has 1 aromatic carbocycles. The number of benzene rings is 1. The van der Waals surface area contributed by atoms with Gasteiger partial charge in [-0.25, -0.2) is 0 Å². The molecule has 0 aliphatic heterocycles. The van der Waals surface area contributed by atoms with Gasteiger partial charge in [0.15, 0.2) is 0 Å². The predicted molar refractivity (Wildman–Crippen MR) is 61.1 cm³/mol. The van der Waals surface area contributed by atoms with Gasteiger partial charge in [-0.15, -0.1) is 0 Å². The summed E-state index contributed by atoms with van der Waals surface area (Å²) in [6, 6.07) is 9.29. The lowest BCUT2D eigenvalue weighted by atomic mass is 9.99. The van der Waals surface area contributed by atoms with Crippen molar-refractivity contribution in [3.8, 4) is 11.8 Å². The zero-order valence-corrected chi connectivity index (χ0v) is 9.03.